The summed E-state index contributed by atoms with van der Waals surface area (Å²) in [5, 5.41) is 13.6. The van der Waals surface area contributed by atoms with Gasteiger partial charge in [0.25, 0.3) is 5.69 Å². The number of amides is 1. The van der Waals surface area contributed by atoms with Gasteiger partial charge in [-0.1, -0.05) is 24.0 Å². The maximum Gasteiger partial charge on any atom is 0.407 e. The molecule has 0 aliphatic rings. The van der Waals surface area contributed by atoms with E-state index in [0.29, 0.717) is 24.1 Å². The van der Waals surface area contributed by atoms with Gasteiger partial charge in [0.05, 0.1) is 4.92 Å². The molecule has 0 aliphatic carbocycles. The van der Waals surface area contributed by atoms with Gasteiger partial charge in [0, 0.05) is 18.5 Å². The molecule has 1 N–H and O–H groups in total. The topological polar surface area (TPSA) is 81.5 Å². The van der Waals surface area contributed by atoms with Crippen molar-refractivity contribution < 1.29 is 14.5 Å². The highest BCUT2D eigenvalue weighted by Gasteiger charge is 2.16. The van der Waals surface area contributed by atoms with E-state index in [2.05, 4.69) is 17.2 Å². The number of aryl methyl sites for hydroxylation is 1. The quantitative estimate of drug-likeness (QED) is 0.402. The first-order valence-corrected chi connectivity index (χ1v) is 6.90. The highest BCUT2D eigenvalue weighted by atomic mass is 16.6. The highest BCUT2D eigenvalue weighted by Crippen LogP contribution is 2.21. The zero-order valence-corrected chi connectivity index (χ0v) is 13.2. The van der Waals surface area contributed by atoms with Crippen LogP contribution in [0.2, 0.25) is 0 Å². The lowest BCUT2D eigenvalue weighted by Crippen LogP contribution is -2.32. The van der Waals surface area contributed by atoms with Crippen LogP contribution in [0.3, 0.4) is 0 Å². The fourth-order valence-corrected chi connectivity index (χ4v) is 1.70. The Balaban J connectivity index is 2.58. The van der Waals surface area contributed by atoms with Crippen molar-refractivity contribution in [3.63, 3.8) is 0 Å². The number of carbonyl (C=O) groups excluding carboxylic acids is 1. The normalized spacial score (nSPS) is 10.4. The van der Waals surface area contributed by atoms with E-state index in [0.717, 1.165) is 0 Å². The Bertz CT molecular complexity index is 621. The molecule has 0 spiro atoms. The first-order valence-electron chi connectivity index (χ1n) is 6.90. The van der Waals surface area contributed by atoms with E-state index in [1.807, 2.05) is 0 Å². The SMILES string of the molecule is Cc1cccc(C#CCCNC(=O)OC(C)(C)C)c1[N+](=O)[O-]. The summed E-state index contributed by atoms with van der Waals surface area (Å²) in [6.45, 7) is 7.34. The molecule has 22 heavy (non-hydrogen) atoms. The molecule has 0 radical (unpaired) electrons. The average Bonchev–Trinajstić information content (AvgIpc) is 2.35. The minimum Gasteiger partial charge on any atom is -0.444 e. The molecule has 0 aromatic heterocycles. The van der Waals surface area contributed by atoms with E-state index in [9.17, 15) is 14.9 Å². The standard InChI is InChI=1S/C16H20N2O4/c1-12-8-7-10-13(14(12)18(20)21)9-5-6-11-17-15(19)22-16(2,3)4/h7-8,10H,6,11H2,1-4H3,(H,17,19). The summed E-state index contributed by atoms with van der Waals surface area (Å²) < 4.78 is 5.08. The minimum absolute atomic E-state index is 0.0232. The lowest BCUT2D eigenvalue weighted by molar-refractivity contribution is -0.385. The third-order valence-electron chi connectivity index (χ3n) is 2.56. The van der Waals surface area contributed by atoms with Crippen LogP contribution in [0.5, 0.6) is 0 Å². The van der Waals surface area contributed by atoms with Gasteiger partial charge < -0.3 is 10.1 Å². The van der Waals surface area contributed by atoms with E-state index in [4.69, 9.17) is 4.74 Å². The zero-order chi connectivity index (χ0) is 16.8. The summed E-state index contributed by atoms with van der Waals surface area (Å²) in [6, 6.07) is 5.01. The van der Waals surface area contributed by atoms with Crippen molar-refractivity contribution in [1.29, 1.82) is 0 Å². The molecule has 0 unspecified atom stereocenters. The Hall–Kier alpha value is -2.55. The second-order valence-corrected chi connectivity index (χ2v) is 5.71. The molecule has 1 aromatic rings. The monoisotopic (exact) mass is 304 g/mol. The molecule has 0 bridgehead atoms. The molecule has 1 rings (SSSR count). The molecule has 6 heteroatoms. The van der Waals surface area contributed by atoms with Crippen molar-refractivity contribution in [3.8, 4) is 11.8 Å². The van der Waals surface area contributed by atoms with Gasteiger partial charge in [-0.3, -0.25) is 10.1 Å². The Labute approximate surface area is 130 Å². The number of alkyl carbamates (subject to hydrolysis) is 1. The van der Waals surface area contributed by atoms with Crippen LogP contribution < -0.4 is 5.32 Å². The largest absolute Gasteiger partial charge is 0.444 e. The van der Waals surface area contributed by atoms with Gasteiger partial charge in [-0.25, -0.2) is 4.79 Å². The molecular formula is C16H20N2O4. The van der Waals surface area contributed by atoms with E-state index in [1.54, 1.807) is 45.9 Å². The van der Waals surface area contributed by atoms with Crippen LogP contribution in [-0.2, 0) is 4.74 Å². The summed E-state index contributed by atoms with van der Waals surface area (Å²) in [5.41, 5.74) is 0.429. The van der Waals surface area contributed by atoms with Crippen LogP contribution in [0.25, 0.3) is 0 Å². The van der Waals surface area contributed by atoms with Crippen molar-refractivity contribution in [2.75, 3.05) is 6.54 Å². The number of carbonyl (C=O) groups is 1. The molecule has 0 saturated carbocycles. The van der Waals surface area contributed by atoms with Crippen LogP contribution in [0, 0.1) is 28.9 Å². The van der Waals surface area contributed by atoms with Gasteiger partial charge in [-0.05, 0) is 33.8 Å². The lowest BCUT2D eigenvalue weighted by Gasteiger charge is -2.19. The molecular weight excluding hydrogens is 284 g/mol. The first-order chi connectivity index (χ1) is 10.2. The van der Waals surface area contributed by atoms with Crippen LogP contribution in [-0.4, -0.2) is 23.2 Å². The van der Waals surface area contributed by atoms with Crippen molar-refractivity contribution in [1.82, 2.24) is 5.32 Å². The number of ether oxygens (including phenoxy) is 1. The third-order valence-corrected chi connectivity index (χ3v) is 2.56. The summed E-state index contributed by atoms with van der Waals surface area (Å²) >= 11 is 0. The van der Waals surface area contributed by atoms with E-state index in [-0.39, 0.29) is 5.69 Å². The molecule has 0 saturated heterocycles. The highest BCUT2D eigenvalue weighted by molar-refractivity contribution is 5.67. The van der Waals surface area contributed by atoms with Gasteiger partial charge in [0.15, 0.2) is 0 Å². The van der Waals surface area contributed by atoms with Crippen LogP contribution >= 0.6 is 0 Å². The Kier molecular flexibility index (Phi) is 5.93. The van der Waals surface area contributed by atoms with Gasteiger partial charge in [0.1, 0.15) is 11.2 Å². The molecule has 1 aromatic carbocycles. The molecule has 6 nitrogen and oxygen atoms in total. The summed E-state index contributed by atoms with van der Waals surface area (Å²) in [4.78, 5) is 22.0. The van der Waals surface area contributed by atoms with Crippen molar-refractivity contribution in [3.05, 3.63) is 39.4 Å². The molecule has 1 amide bonds. The fourth-order valence-electron chi connectivity index (χ4n) is 1.70. The van der Waals surface area contributed by atoms with Crippen molar-refractivity contribution in [2.45, 2.75) is 39.7 Å². The first kappa shape index (κ1) is 17.5. The molecule has 0 fully saturated rings. The fraction of sp³-hybridized carbons (Fsp3) is 0.438. The van der Waals surface area contributed by atoms with Gasteiger partial charge in [-0.15, -0.1) is 0 Å². The van der Waals surface area contributed by atoms with Gasteiger partial charge in [-0.2, -0.15) is 0 Å². The number of benzene rings is 1. The number of hydrogen-bond donors (Lipinski definition) is 1. The smallest absolute Gasteiger partial charge is 0.407 e. The van der Waals surface area contributed by atoms with Gasteiger partial charge in [0.2, 0.25) is 0 Å². The number of hydrogen-bond acceptors (Lipinski definition) is 4. The van der Waals surface area contributed by atoms with E-state index < -0.39 is 16.6 Å². The number of para-hydroxylation sites is 1. The van der Waals surface area contributed by atoms with Crippen LogP contribution in [0.4, 0.5) is 10.5 Å². The summed E-state index contributed by atoms with van der Waals surface area (Å²) in [6.07, 6.45) is -0.125. The van der Waals surface area contributed by atoms with E-state index in [1.165, 1.54) is 0 Å². The number of nitrogens with zero attached hydrogens (tertiary/aromatic N) is 1. The number of nitro benzene ring substituents is 1. The second-order valence-electron chi connectivity index (χ2n) is 5.71. The number of nitro groups is 1. The van der Waals surface area contributed by atoms with Crippen LogP contribution in [0.1, 0.15) is 38.3 Å². The molecule has 0 heterocycles. The van der Waals surface area contributed by atoms with Crippen molar-refractivity contribution in [2.24, 2.45) is 0 Å². The zero-order valence-electron chi connectivity index (χ0n) is 13.2. The maximum absolute atomic E-state index is 11.4. The average molecular weight is 304 g/mol. The predicted octanol–water partition coefficient (Wildman–Crippen LogP) is 3.17. The molecule has 118 valence electrons. The summed E-state index contributed by atoms with van der Waals surface area (Å²) in [5.74, 6) is 5.59. The maximum atomic E-state index is 11.4. The van der Waals surface area contributed by atoms with Gasteiger partial charge >= 0.3 is 6.09 Å². The van der Waals surface area contributed by atoms with E-state index >= 15 is 0 Å². The Morgan fingerprint density at radius 3 is 2.68 bits per heavy atom. The van der Waals surface area contributed by atoms with Crippen LogP contribution in [0.15, 0.2) is 18.2 Å². The molecule has 0 aliphatic heterocycles. The predicted molar refractivity (Wildman–Crippen MR) is 83.6 cm³/mol. The molecule has 0 atom stereocenters. The Morgan fingerprint density at radius 2 is 2.09 bits per heavy atom. The summed E-state index contributed by atoms with van der Waals surface area (Å²) in [7, 11) is 0. The third kappa shape index (κ3) is 5.83. The minimum atomic E-state index is -0.544. The lowest BCUT2D eigenvalue weighted by atomic mass is 10.1. The number of rotatable bonds is 3. The van der Waals surface area contributed by atoms with Crippen molar-refractivity contribution >= 4 is 11.8 Å². The Morgan fingerprint density at radius 1 is 1.41 bits per heavy atom. The second kappa shape index (κ2) is 7.46. The number of nitrogens with one attached hydrogen (secondary N) is 1.